The van der Waals surface area contributed by atoms with Gasteiger partial charge in [-0.25, -0.2) is 4.98 Å². The molecule has 4 rings (SSSR count). The van der Waals surface area contributed by atoms with Crippen molar-refractivity contribution in [3.05, 3.63) is 47.2 Å². The van der Waals surface area contributed by atoms with Crippen LogP contribution in [0, 0.1) is 12.8 Å². The molecule has 1 aromatic carbocycles. The zero-order valence-electron chi connectivity index (χ0n) is 15.7. The zero-order chi connectivity index (χ0) is 20.0. The van der Waals surface area contributed by atoms with Crippen LogP contribution in [0.1, 0.15) is 35.5 Å². The zero-order valence-corrected chi connectivity index (χ0v) is 15.7. The molecule has 1 aliphatic rings. The Hall–Kier alpha value is -3.55. The second-order valence-corrected chi connectivity index (χ2v) is 7.18. The van der Waals surface area contributed by atoms with Crippen LogP contribution < -0.4 is 0 Å². The van der Waals surface area contributed by atoms with E-state index in [2.05, 4.69) is 20.2 Å². The third-order valence-electron chi connectivity index (χ3n) is 4.51. The minimum absolute atomic E-state index is 0.0218. The second kappa shape index (κ2) is 6.56. The molecule has 3 aromatic rings. The van der Waals surface area contributed by atoms with Gasteiger partial charge in [-0.1, -0.05) is 13.8 Å². The lowest BCUT2D eigenvalue weighted by atomic mass is 10.1. The average molecular weight is 377 g/mol. The highest BCUT2D eigenvalue weighted by molar-refractivity contribution is 6.13. The average Bonchev–Trinajstić information content (AvgIpc) is 3.15. The lowest BCUT2D eigenvalue weighted by molar-refractivity contribution is 0.100. The van der Waals surface area contributed by atoms with Crippen LogP contribution in [0.15, 0.2) is 45.6 Å². The molecule has 8 nitrogen and oxygen atoms in total. The van der Waals surface area contributed by atoms with E-state index in [1.54, 1.807) is 24.3 Å². The third kappa shape index (κ3) is 2.92. The number of azo groups is 1. The van der Waals surface area contributed by atoms with Gasteiger partial charge in [0.2, 0.25) is 11.8 Å². The Morgan fingerprint density at radius 3 is 2.61 bits per heavy atom. The topological polar surface area (TPSA) is 112 Å². The summed E-state index contributed by atoms with van der Waals surface area (Å²) in [6, 6.07) is 8.27. The molecule has 3 heterocycles. The van der Waals surface area contributed by atoms with Crippen LogP contribution >= 0.6 is 0 Å². The molecule has 0 aliphatic carbocycles. The highest BCUT2D eigenvalue weighted by Gasteiger charge is 2.21. The summed E-state index contributed by atoms with van der Waals surface area (Å²) in [5.74, 6) is 0.267. The predicted molar refractivity (Wildman–Crippen MR) is 104 cm³/mol. The second-order valence-electron chi connectivity index (χ2n) is 7.18. The summed E-state index contributed by atoms with van der Waals surface area (Å²) in [4.78, 5) is 21.0. The van der Waals surface area contributed by atoms with Gasteiger partial charge in [0.15, 0.2) is 11.7 Å². The monoisotopic (exact) mass is 377 g/mol. The van der Waals surface area contributed by atoms with Gasteiger partial charge in [0.05, 0.1) is 5.56 Å². The molecule has 28 heavy (non-hydrogen) atoms. The van der Waals surface area contributed by atoms with E-state index in [0.717, 1.165) is 5.69 Å². The molecule has 0 atom stereocenters. The van der Waals surface area contributed by atoms with Crippen molar-refractivity contribution in [3.63, 3.8) is 0 Å². The van der Waals surface area contributed by atoms with Crippen LogP contribution in [-0.4, -0.2) is 31.5 Å². The molecule has 0 radical (unpaired) electrons. The first kappa shape index (κ1) is 17.8. The van der Waals surface area contributed by atoms with Gasteiger partial charge >= 0.3 is 0 Å². The summed E-state index contributed by atoms with van der Waals surface area (Å²) in [7, 11) is 0. The smallest absolute Gasteiger partial charge is 0.279 e. The van der Waals surface area contributed by atoms with Gasteiger partial charge in [-0.2, -0.15) is 4.99 Å². The molecule has 0 saturated heterocycles. The Morgan fingerprint density at radius 1 is 1.11 bits per heavy atom. The lowest BCUT2D eigenvalue weighted by Crippen LogP contribution is -2.02. The van der Waals surface area contributed by atoms with Gasteiger partial charge in [0.1, 0.15) is 0 Å². The largest absolute Gasteiger partial charge is 0.494 e. The van der Waals surface area contributed by atoms with Gasteiger partial charge in [0, 0.05) is 28.6 Å². The van der Waals surface area contributed by atoms with E-state index in [1.165, 1.54) is 10.6 Å². The minimum atomic E-state index is -0.514. The maximum Gasteiger partial charge on any atom is 0.279 e. The predicted octanol–water partition coefficient (Wildman–Crippen LogP) is 4.10. The first-order chi connectivity index (χ1) is 13.3. The fourth-order valence-corrected chi connectivity index (χ4v) is 3.17. The molecule has 0 saturated carbocycles. The van der Waals surface area contributed by atoms with Gasteiger partial charge in [-0.05, 0) is 43.2 Å². The Bertz CT molecular complexity index is 1170. The number of amidine groups is 1. The maximum absolute atomic E-state index is 12.6. The Labute approximate surface area is 160 Å². The number of carbonyl (C=O) groups excluding carboxylic acids is 1. The van der Waals surface area contributed by atoms with Gasteiger partial charge in [-0.15, -0.1) is 10.2 Å². The van der Waals surface area contributed by atoms with E-state index in [-0.39, 0.29) is 29.1 Å². The molecule has 0 fully saturated rings. The Balaban J connectivity index is 1.72. The SMILES string of the molecule is Cc1ccc2c(n1)N=NC2=NC(=O)c1ccc2c(O)n(CC(C)C)c(O)c2c1. The summed E-state index contributed by atoms with van der Waals surface area (Å²) < 4.78 is 1.44. The minimum Gasteiger partial charge on any atom is -0.494 e. The quantitative estimate of drug-likeness (QED) is 0.715. The molecule has 8 heteroatoms. The van der Waals surface area contributed by atoms with Crippen molar-refractivity contribution in [2.75, 3.05) is 0 Å². The van der Waals surface area contributed by atoms with Crippen molar-refractivity contribution in [2.45, 2.75) is 27.3 Å². The number of aromatic nitrogens is 2. The number of aromatic hydroxyl groups is 2. The Morgan fingerprint density at radius 2 is 1.86 bits per heavy atom. The number of hydrogen-bond acceptors (Lipinski definition) is 5. The summed E-state index contributed by atoms with van der Waals surface area (Å²) in [5.41, 5.74) is 1.68. The first-order valence-electron chi connectivity index (χ1n) is 8.92. The summed E-state index contributed by atoms with van der Waals surface area (Å²) in [6.45, 7) is 6.28. The molecule has 0 spiro atoms. The van der Waals surface area contributed by atoms with E-state index in [1.807, 2.05) is 20.8 Å². The number of rotatable bonds is 3. The van der Waals surface area contributed by atoms with Crippen LogP contribution in [0.2, 0.25) is 0 Å². The molecule has 1 amide bonds. The maximum atomic E-state index is 12.6. The fourth-order valence-electron chi connectivity index (χ4n) is 3.17. The lowest BCUT2D eigenvalue weighted by Gasteiger charge is -2.08. The first-order valence-corrected chi connectivity index (χ1v) is 8.92. The Kier molecular flexibility index (Phi) is 4.18. The number of aryl methyl sites for hydroxylation is 1. The molecule has 142 valence electrons. The van der Waals surface area contributed by atoms with E-state index in [4.69, 9.17) is 0 Å². The number of carbonyl (C=O) groups is 1. The van der Waals surface area contributed by atoms with Crippen molar-refractivity contribution in [1.29, 1.82) is 0 Å². The van der Waals surface area contributed by atoms with E-state index < -0.39 is 5.91 Å². The van der Waals surface area contributed by atoms with Gasteiger partial charge in [-0.3, -0.25) is 9.36 Å². The van der Waals surface area contributed by atoms with Crippen molar-refractivity contribution >= 4 is 28.3 Å². The summed E-state index contributed by atoms with van der Waals surface area (Å²) in [5, 5.41) is 29.6. The summed E-state index contributed by atoms with van der Waals surface area (Å²) >= 11 is 0. The van der Waals surface area contributed by atoms with Crippen LogP contribution in [0.3, 0.4) is 0 Å². The summed E-state index contributed by atoms with van der Waals surface area (Å²) in [6.07, 6.45) is 0. The fraction of sp³-hybridized carbons (Fsp3) is 0.250. The van der Waals surface area contributed by atoms with Gasteiger partial charge < -0.3 is 10.2 Å². The number of pyridine rings is 1. The van der Waals surface area contributed by atoms with Crippen molar-refractivity contribution in [2.24, 2.45) is 21.1 Å². The molecule has 2 N–H and O–H groups in total. The number of amides is 1. The highest BCUT2D eigenvalue weighted by Crippen LogP contribution is 2.37. The molecule has 1 aliphatic heterocycles. The number of aliphatic imine (C=N–C) groups is 1. The van der Waals surface area contributed by atoms with Crippen LogP contribution in [0.25, 0.3) is 10.8 Å². The molecule has 0 bridgehead atoms. The standard InChI is InChI=1S/C20H19N5O3/c1-10(2)9-25-19(27)13-7-5-12(8-15(13)20(25)28)18(26)22-17-14-6-4-11(3)21-16(14)23-24-17/h4-8,10,27-28H,9H2,1-3H3. The van der Waals surface area contributed by atoms with Gasteiger partial charge in [0.25, 0.3) is 5.91 Å². The normalized spacial score (nSPS) is 14.4. The van der Waals surface area contributed by atoms with Crippen LogP contribution in [0.4, 0.5) is 5.82 Å². The van der Waals surface area contributed by atoms with E-state index in [9.17, 15) is 15.0 Å². The molecule has 0 unspecified atom stereocenters. The number of hydrogen-bond donors (Lipinski definition) is 2. The number of benzene rings is 1. The third-order valence-corrected chi connectivity index (χ3v) is 4.51. The molecular weight excluding hydrogens is 358 g/mol. The van der Waals surface area contributed by atoms with E-state index in [0.29, 0.717) is 28.7 Å². The van der Waals surface area contributed by atoms with Crippen molar-refractivity contribution < 1.29 is 15.0 Å². The van der Waals surface area contributed by atoms with Crippen molar-refractivity contribution in [3.8, 4) is 11.8 Å². The van der Waals surface area contributed by atoms with E-state index >= 15 is 0 Å². The number of fused-ring (bicyclic) bond motifs is 2. The number of nitrogens with zero attached hydrogens (tertiary/aromatic N) is 5. The van der Waals surface area contributed by atoms with Crippen LogP contribution in [0.5, 0.6) is 11.8 Å². The molecule has 2 aromatic heterocycles. The molecular formula is C20H19N5O3. The highest BCUT2D eigenvalue weighted by atomic mass is 16.3. The van der Waals surface area contributed by atoms with Crippen LogP contribution in [-0.2, 0) is 6.54 Å². The van der Waals surface area contributed by atoms with Crippen molar-refractivity contribution in [1.82, 2.24) is 9.55 Å².